The molecule has 1 aliphatic carbocycles. The fourth-order valence-electron chi connectivity index (χ4n) is 3.17. The quantitative estimate of drug-likeness (QED) is 0.766. The molecule has 3 nitrogen and oxygen atoms in total. The molecular formula is C14H25NO2. The molecule has 1 aliphatic heterocycles. The molecule has 0 radical (unpaired) electrons. The van der Waals surface area contributed by atoms with Crippen molar-refractivity contribution in [1.82, 2.24) is 5.32 Å². The van der Waals surface area contributed by atoms with E-state index in [1.165, 1.54) is 19.3 Å². The molecule has 0 bridgehead atoms. The minimum atomic E-state index is -0.216. The highest BCUT2D eigenvalue weighted by atomic mass is 16.5. The number of carbonyl (C=O) groups is 1. The third-order valence-electron chi connectivity index (χ3n) is 4.23. The molecule has 1 saturated carbocycles. The summed E-state index contributed by atoms with van der Waals surface area (Å²) in [6, 6.07) is 0. The molecule has 1 heterocycles. The van der Waals surface area contributed by atoms with Gasteiger partial charge in [-0.05, 0) is 45.1 Å². The lowest BCUT2D eigenvalue weighted by atomic mass is 9.82. The molecule has 17 heavy (non-hydrogen) atoms. The van der Waals surface area contributed by atoms with Crippen molar-refractivity contribution in [3.05, 3.63) is 0 Å². The van der Waals surface area contributed by atoms with Gasteiger partial charge < -0.3 is 10.1 Å². The standard InChI is InChI=1S/C14H25NO2/c1-2-8-14(9-10-15-11-14)13(16)17-12-6-4-3-5-7-12/h12,15H,2-11H2,1H3. The maximum Gasteiger partial charge on any atom is 0.313 e. The minimum Gasteiger partial charge on any atom is -0.462 e. The summed E-state index contributed by atoms with van der Waals surface area (Å²) < 4.78 is 5.75. The van der Waals surface area contributed by atoms with Gasteiger partial charge in [-0.2, -0.15) is 0 Å². The van der Waals surface area contributed by atoms with E-state index in [0.717, 1.165) is 45.2 Å². The Morgan fingerprint density at radius 3 is 2.71 bits per heavy atom. The number of ether oxygens (including phenoxy) is 1. The first-order chi connectivity index (χ1) is 8.27. The lowest BCUT2D eigenvalue weighted by Crippen LogP contribution is -2.37. The molecule has 1 N–H and O–H groups in total. The average molecular weight is 239 g/mol. The van der Waals surface area contributed by atoms with Gasteiger partial charge >= 0.3 is 5.97 Å². The van der Waals surface area contributed by atoms with Gasteiger partial charge in [-0.1, -0.05) is 19.8 Å². The number of hydrogen-bond donors (Lipinski definition) is 1. The molecule has 2 rings (SSSR count). The first kappa shape index (κ1) is 12.9. The molecule has 0 amide bonds. The van der Waals surface area contributed by atoms with Crippen molar-refractivity contribution in [2.24, 2.45) is 5.41 Å². The van der Waals surface area contributed by atoms with Crippen LogP contribution in [0.2, 0.25) is 0 Å². The molecule has 1 saturated heterocycles. The maximum absolute atomic E-state index is 12.4. The molecule has 0 spiro atoms. The van der Waals surface area contributed by atoms with E-state index in [4.69, 9.17) is 4.74 Å². The first-order valence-electron chi connectivity index (χ1n) is 7.19. The van der Waals surface area contributed by atoms with Gasteiger partial charge in [0.1, 0.15) is 6.10 Å². The van der Waals surface area contributed by atoms with E-state index in [-0.39, 0.29) is 17.5 Å². The Hall–Kier alpha value is -0.570. The van der Waals surface area contributed by atoms with Crippen molar-refractivity contribution in [2.75, 3.05) is 13.1 Å². The van der Waals surface area contributed by atoms with Crippen molar-refractivity contribution in [3.63, 3.8) is 0 Å². The van der Waals surface area contributed by atoms with E-state index in [0.29, 0.717) is 0 Å². The van der Waals surface area contributed by atoms with Gasteiger partial charge in [-0.15, -0.1) is 0 Å². The zero-order valence-electron chi connectivity index (χ0n) is 11.0. The number of nitrogens with one attached hydrogen (secondary N) is 1. The molecule has 98 valence electrons. The predicted octanol–water partition coefficient (Wildman–Crippen LogP) is 2.64. The highest BCUT2D eigenvalue weighted by molar-refractivity contribution is 5.77. The van der Waals surface area contributed by atoms with Crippen LogP contribution in [0.25, 0.3) is 0 Å². The summed E-state index contributed by atoms with van der Waals surface area (Å²) in [4.78, 5) is 12.4. The molecule has 2 aliphatic rings. The lowest BCUT2D eigenvalue weighted by molar-refractivity contribution is -0.162. The summed E-state index contributed by atoms with van der Waals surface area (Å²) in [5.41, 5.74) is -0.216. The molecule has 3 heteroatoms. The second kappa shape index (κ2) is 5.85. The van der Waals surface area contributed by atoms with E-state index in [1.807, 2.05) is 0 Å². The van der Waals surface area contributed by atoms with Gasteiger partial charge in [0.2, 0.25) is 0 Å². The van der Waals surface area contributed by atoms with Gasteiger partial charge in [0.25, 0.3) is 0 Å². The summed E-state index contributed by atoms with van der Waals surface area (Å²) in [6.07, 6.45) is 9.05. The number of esters is 1. The summed E-state index contributed by atoms with van der Waals surface area (Å²) in [6.45, 7) is 3.92. The fraction of sp³-hybridized carbons (Fsp3) is 0.929. The Morgan fingerprint density at radius 1 is 1.35 bits per heavy atom. The van der Waals surface area contributed by atoms with Crippen LogP contribution in [0.4, 0.5) is 0 Å². The number of rotatable bonds is 4. The van der Waals surface area contributed by atoms with Crippen LogP contribution in [0.1, 0.15) is 58.3 Å². The number of hydrogen-bond acceptors (Lipinski definition) is 3. The van der Waals surface area contributed by atoms with E-state index in [9.17, 15) is 4.79 Å². The topological polar surface area (TPSA) is 38.3 Å². The monoisotopic (exact) mass is 239 g/mol. The van der Waals surface area contributed by atoms with Crippen LogP contribution < -0.4 is 5.32 Å². The van der Waals surface area contributed by atoms with Gasteiger partial charge in [-0.3, -0.25) is 4.79 Å². The lowest BCUT2D eigenvalue weighted by Gasteiger charge is -2.30. The Kier molecular flexibility index (Phi) is 4.43. The Balaban J connectivity index is 1.91. The maximum atomic E-state index is 12.4. The second-order valence-electron chi connectivity index (χ2n) is 5.62. The van der Waals surface area contributed by atoms with Crippen LogP contribution in [0.5, 0.6) is 0 Å². The van der Waals surface area contributed by atoms with Crippen molar-refractivity contribution in [3.8, 4) is 0 Å². The van der Waals surface area contributed by atoms with Crippen molar-refractivity contribution in [2.45, 2.75) is 64.4 Å². The Bertz CT molecular complexity index is 253. The first-order valence-corrected chi connectivity index (χ1v) is 7.19. The van der Waals surface area contributed by atoms with Crippen molar-refractivity contribution >= 4 is 5.97 Å². The third-order valence-corrected chi connectivity index (χ3v) is 4.23. The normalized spacial score (nSPS) is 30.4. The van der Waals surface area contributed by atoms with Crippen LogP contribution in [0, 0.1) is 5.41 Å². The zero-order chi connectivity index (χ0) is 12.1. The molecule has 0 aromatic carbocycles. The molecule has 1 atom stereocenters. The van der Waals surface area contributed by atoms with Gasteiger partial charge in [0, 0.05) is 6.54 Å². The largest absolute Gasteiger partial charge is 0.462 e. The Morgan fingerprint density at radius 2 is 2.12 bits per heavy atom. The Labute approximate surface area is 104 Å². The summed E-state index contributed by atoms with van der Waals surface area (Å²) in [5.74, 6) is 0.0660. The second-order valence-corrected chi connectivity index (χ2v) is 5.62. The van der Waals surface area contributed by atoms with Crippen LogP contribution >= 0.6 is 0 Å². The summed E-state index contributed by atoms with van der Waals surface area (Å²) >= 11 is 0. The smallest absolute Gasteiger partial charge is 0.313 e. The van der Waals surface area contributed by atoms with Gasteiger partial charge in [0.05, 0.1) is 5.41 Å². The highest BCUT2D eigenvalue weighted by Crippen LogP contribution is 2.34. The van der Waals surface area contributed by atoms with Gasteiger partial charge in [0.15, 0.2) is 0 Å². The van der Waals surface area contributed by atoms with Crippen LogP contribution in [0.3, 0.4) is 0 Å². The molecule has 1 unspecified atom stereocenters. The van der Waals surface area contributed by atoms with Crippen molar-refractivity contribution in [1.29, 1.82) is 0 Å². The minimum absolute atomic E-state index is 0.0660. The molecule has 2 fully saturated rings. The molecule has 0 aromatic heterocycles. The van der Waals surface area contributed by atoms with Crippen LogP contribution in [-0.4, -0.2) is 25.2 Å². The van der Waals surface area contributed by atoms with E-state index in [2.05, 4.69) is 12.2 Å². The fourth-order valence-corrected chi connectivity index (χ4v) is 3.17. The SMILES string of the molecule is CCCC1(C(=O)OC2CCCCC2)CCNC1. The zero-order valence-corrected chi connectivity index (χ0v) is 11.0. The van der Waals surface area contributed by atoms with Crippen LogP contribution in [-0.2, 0) is 9.53 Å². The average Bonchev–Trinajstić information content (AvgIpc) is 2.81. The summed E-state index contributed by atoms with van der Waals surface area (Å²) in [5, 5.41) is 3.32. The van der Waals surface area contributed by atoms with Crippen LogP contribution in [0.15, 0.2) is 0 Å². The van der Waals surface area contributed by atoms with Gasteiger partial charge in [-0.25, -0.2) is 0 Å². The van der Waals surface area contributed by atoms with E-state index >= 15 is 0 Å². The molecular weight excluding hydrogens is 214 g/mol. The summed E-state index contributed by atoms with van der Waals surface area (Å²) in [7, 11) is 0. The molecule has 0 aromatic rings. The van der Waals surface area contributed by atoms with E-state index in [1.54, 1.807) is 0 Å². The van der Waals surface area contributed by atoms with Crippen molar-refractivity contribution < 1.29 is 9.53 Å². The predicted molar refractivity (Wildman–Crippen MR) is 67.8 cm³/mol. The third kappa shape index (κ3) is 3.01. The highest BCUT2D eigenvalue weighted by Gasteiger charge is 2.42. The number of carbonyl (C=O) groups excluding carboxylic acids is 1. The van der Waals surface area contributed by atoms with E-state index < -0.39 is 0 Å².